The Balaban J connectivity index is 1.63. The highest BCUT2D eigenvalue weighted by atomic mass is 16.5. The number of benzene rings is 1. The standard InChI is InChI=1S/C24H42N4O2/c1-19(2)18-30-23-8-6-21(7-9-23)10-13-26-24(25-5)27-22-11-14-28(15-12-22)16-17-29-20(3)4/h6-9,19-20,22H,10-18H2,1-5H3,(H2,25,26,27). The first-order valence-corrected chi connectivity index (χ1v) is 11.5. The molecule has 170 valence electrons. The second kappa shape index (κ2) is 13.5. The van der Waals surface area contributed by atoms with Crippen molar-refractivity contribution in [3.63, 3.8) is 0 Å². The maximum absolute atomic E-state index is 5.75. The zero-order valence-electron chi connectivity index (χ0n) is 19.6. The molecule has 6 heteroatoms. The number of piperidine rings is 1. The maximum Gasteiger partial charge on any atom is 0.191 e. The predicted octanol–water partition coefficient (Wildman–Crippen LogP) is 3.32. The Bertz CT molecular complexity index is 608. The van der Waals surface area contributed by atoms with Crippen molar-refractivity contribution < 1.29 is 9.47 Å². The molecule has 1 aromatic rings. The molecule has 1 heterocycles. The minimum absolute atomic E-state index is 0.315. The van der Waals surface area contributed by atoms with Gasteiger partial charge in [-0.05, 0) is 56.7 Å². The summed E-state index contributed by atoms with van der Waals surface area (Å²) < 4.78 is 11.4. The van der Waals surface area contributed by atoms with Crippen LogP contribution in [-0.2, 0) is 11.2 Å². The number of nitrogens with one attached hydrogen (secondary N) is 2. The fourth-order valence-corrected chi connectivity index (χ4v) is 3.45. The molecule has 1 aliphatic rings. The minimum Gasteiger partial charge on any atom is -0.493 e. The SMILES string of the molecule is CN=C(NCCc1ccc(OCC(C)C)cc1)NC1CCN(CCOC(C)C)CC1. The van der Waals surface area contributed by atoms with E-state index in [1.807, 2.05) is 7.05 Å². The molecule has 30 heavy (non-hydrogen) atoms. The van der Waals surface area contributed by atoms with E-state index >= 15 is 0 Å². The van der Waals surface area contributed by atoms with Crippen molar-refractivity contribution in [3.05, 3.63) is 29.8 Å². The molecular weight excluding hydrogens is 376 g/mol. The molecule has 0 amide bonds. The van der Waals surface area contributed by atoms with E-state index in [4.69, 9.17) is 9.47 Å². The Morgan fingerprint density at radius 3 is 2.43 bits per heavy atom. The van der Waals surface area contributed by atoms with Crippen LogP contribution in [0, 0.1) is 5.92 Å². The monoisotopic (exact) mass is 418 g/mol. The highest BCUT2D eigenvalue weighted by Gasteiger charge is 2.19. The molecule has 1 fully saturated rings. The number of guanidine groups is 1. The molecule has 2 rings (SSSR count). The third kappa shape index (κ3) is 9.81. The number of hydrogen-bond acceptors (Lipinski definition) is 4. The summed E-state index contributed by atoms with van der Waals surface area (Å²) in [5, 5.41) is 7.04. The van der Waals surface area contributed by atoms with E-state index in [-0.39, 0.29) is 0 Å². The summed E-state index contributed by atoms with van der Waals surface area (Å²) >= 11 is 0. The molecule has 0 aromatic heterocycles. The molecule has 2 N–H and O–H groups in total. The van der Waals surface area contributed by atoms with Gasteiger partial charge in [-0.1, -0.05) is 26.0 Å². The molecule has 6 nitrogen and oxygen atoms in total. The fraction of sp³-hybridized carbons (Fsp3) is 0.708. The number of ether oxygens (including phenoxy) is 2. The number of aliphatic imine (C=N–C) groups is 1. The van der Waals surface area contributed by atoms with E-state index in [0.717, 1.165) is 70.4 Å². The molecule has 1 aromatic carbocycles. The van der Waals surface area contributed by atoms with Crippen molar-refractivity contribution in [1.82, 2.24) is 15.5 Å². The quantitative estimate of drug-likeness (QED) is 0.426. The van der Waals surface area contributed by atoms with Gasteiger partial charge in [-0.3, -0.25) is 4.99 Å². The average Bonchev–Trinajstić information content (AvgIpc) is 2.73. The highest BCUT2D eigenvalue weighted by molar-refractivity contribution is 5.79. The lowest BCUT2D eigenvalue weighted by Gasteiger charge is -2.33. The van der Waals surface area contributed by atoms with E-state index < -0.39 is 0 Å². The van der Waals surface area contributed by atoms with Crippen LogP contribution in [0.15, 0.2) is 29.3 Å². The highest BCUT2D eigenvalue weighted by Crippen LogP contribution is 2.13. The third-order valence-electron chi connectivity index (χ3n) is 5.22. The summed E-state index contributed by atoms with van der Waals surface area (Å²) in [6.07, 6.45) is 3.55. The van der Waals surface area contributed by atoms with Crippen LogP contribution in [0.3, 0.4) is 0 Å². The van der Waals surface area contributed by atoms with Gasteiger partial charge in [0.25, 0.3) is 0 Å². The lowest BCUT2D eigenvalue weighted by molar-refractivity contribution is 0.0532. The topological polar surface area (TPSA) is 58.1 Å². The summed E-state index contributed by atoms with van der Waals surface area (Å²) in [4.78, 5) is 6.89. The number of rotatable bonds is 11. The van der Waals surface area contributed by atoms with Crippen LogP contribution < -0.4 is 15.4 Å². The summed E-state index contributed by atoms with van der Waals surface area (Å²) in [7, 11) is 1.84. The second-order valence-corrected chi connectivity index (χ2v) is 8.78. The van der Waals surface area contributed by atoms with E-state index in [2.05, 4.69) is 72.5 Å². The van der Waals surface area contributed by atoms with Crippen molar-refractivity contribution in [2.45, 2.75) is 59.1 Å². The van der Waals surface area contributed by atoms with Gasteiger partial charge in [-0.15, -0.1) is 0 Å². The lowest BCUT2D eigenvalue weighted by atomic mass is 10.1. The maximum atomic E-state index is 5.75. The molecule has 0 bridgehead atoms. The normalized spacial score (nSPS) is 16.3. The zero-order chi connectivity index (χ0) is 21.8. The average molecular weight is 419 g/mol. The van der Waals surface area contributed by atoms with Crippen LogP contribution in [-0.4, -0.2) is 69.4 Å². The van der Waals surface area contributed by atoms with Gasteiger partial charge in [-0.2, -0.15) is 0 Å². The van der Waals surface area contributed by atoms with Crippen molar-refractivity contribution in [2.24, 2.45) is 10.9 Å². The van der Waals surface area contributed by atoms with Gasteiger partial charge >= 0.3 is 0 Å². The van der Waals surface area contributed by atoms with Crippen LogP contribution in [0.25, 0.3) is 0 Å². The molecule has 0 atom stereocenters. The lowest BCUT2D eigenvalue weighted by Crippen LogP contribution is -2.49. The molecular formula is C24H42N4O2. The van der Waals surface area contributed by atoms with E-state index in [9.17, 15) is 0 Å². The first-order chi connectivity index (χ1) is 14.5. The van der Waals surface area contributed by atoms with E-state index in [0.29, 0.717) is 18.1 Å². The Hall–Kier alpha value is -1.79. The Kier molecular flexibility index (Phi) is 11.0. The van der Waals surface area contributed by atoms with Gasteiger partial charge in [0.05, 0.1) is 19.3 Å². The van der Waals surface area contributed by atoms with Crippen LogP contribution in [0.2, 0.25) is 0 Å². The Labute approximate surface area is 183 Å². The van der Waals surface area contributed by atoms with E-state index in [1.165, 1.54) is 5.56 Å². The number of likely N-dealkylation sites (tertiary alicyclic amines) is 1. The zero-order valence-corrected chi connectivity index (χ0v) is 19.6. The van der Waals surface area contributed by atoms with E-state index in [1.54, 1.807) is 0 Å². The first-order valence-electron chi connectivity index (χ1n) is 11.5. The largest absolute Gasteiger partial charge is 0.493 e. The van der Waals surface area contributed by atoms with Crippen molar-refractivity contribution in [2.75, 3.05) is 46.4 Å². The number of hydrogen-bond donors (Lipinski definition) is 2. The van der Waals surface area contributed by atoms with Crippen LogP contribution in [0.5, 0.6) is 5.75 Å². The van der Waals surface area contributed by atoms with Gasteiger partial charge in [0.1, 0.15) is 5.75 Å². The smallest absolute Gasteiger partial charge is 0.191 e. The molecule has 0 unspecified atom stereocenters. The van der Waals surface area contributed by atoms with Crippen molar-refractivity contribution >= 4 is 5.96 Å². The Morgan fingerprint density at radius 2 is 1.83 bits per heavy atom. The minimum atomic E-state index is 0.315. The molecule has 0 radical (unpaired) electrons. The van der Waals surface area contributed by atoms with Crippen LogP contribution >= 0.6 is 0 Å². The Morgan fingerprint density at radius 1 is 1.13 bits per heavy atom. The second-order valence-electron chi connectivity index (χ2n) is 8.78. The molecule has 0 aliphatic carbocycles. The van der Waals surface area contributed by atoms with Crippen molar-refractivity contribution in [3.8, 4) is 5.75 Å². The molecule has 1 aliphatic heterocycles. The first kappa shape index (κ1) is 24.5. The number of nitrogens with zero attached hydrogens (tertiary/aromatic N) is 2. The van der Waals surface area contributed by atoms with Crippen LogP contribution in [0.1, 0.15) is 46.1 Å². The third-order valence-corrected chi connectivity index (χ3v) is 5.22. The van der Waals surface area contributed by atoms with Gasteiger partial charge in [0.2, 0.25) is 0 Å². The predicted molar refractivity (Wildman–Crippen MR) is 126 cm³/mol. The van der Waals surface area contributed by atoms with Gasteiger partial charge in [0.15, 0.2) is 5.96 Å². The molecule has 0 saturated carbocycles. The fourth-order valence-electron chi connectivity index (χ4n) is 3.45. The summed E-state index contributed by atoms with van der Waals surface area (Å²) in [5.74, 6) is 2.38. The van der Waals surface area contributed by atoms with Gasteiger partial charge < -0.3 is 25.0 Å². The summed E-state index contributed by atoms with van der Waals surface area (Å²) in [6.45, 7) is 14.2. The summed E-state index contributed by atoms with van der Waals surface area (Å²) in [6, 6.07) is 8.89. The van der Waals surface area contributed by atoms with Gasteiger partial charge in [0, 0.05) is 39.3 Å². The van der Waals surface area contributed by atoms with Crippen molar-refractivity contribution in [1.29, 1.82) is 0 Å². The van der Waals surface area contributed by atoms with Gasteiger partial charge in [-0.25, -0.2) is 0 Å². The van der Waals surface area contributed by atoms with Crippen LogP contribution in [0.4, 0.5) is 0 Å². The molecule has 0 spiro atoms. The summed E-state index contributed by atoms with van der Waals surface area (Å²) in [5.41, 5.74) is 1.30. The molecule has 1 saturated heterocycles.